The molecule has 0 saturated carbocycles. The maximum Gasteiger partial charge on any atom is 0.237 e. The number of nitrogens with one attached hydrogen (secondary N) is 4. The molecule has 0 saturated heterocycles. The number of benzene rings is 2. The summed E-state index contributed by atoms with van der Waals surface area (Å²) in [5, 5.41) is 12.6. The first-order chi connectivity index (χ1) is 18.5. The highest BCUT2D eigenvalue weighted by atomic mass is 32.2. The van der Waals surface area contributed by atoms with Crippen LogP contribution in [0.3, 0.4) is 0 Å². The Morgan fingerprint density at radius 2 is 1.71 bits per heavy atom. The quantitative estimate of drug-likeness (QED) is 0.0962. The van der Waals surface area contributed by atoms with Gasteiger partial charge in [-0.2, -0.15) is 0 Å². The van der Waals surface area contributed by atoms with Gasteiger partial charge in [-0.25, -0.2) is 0 Å². The molecule has 0 fully saturated rings. The van der Waals surface area contributed by atoms with E-state index in [1.165, 1.54) is 5.56 Å². The summed E-state index contributed by atoms with van der Waals surface area (Å²) in [7, 11) is 0. The SMILES string of the molecule is CC.CCNC(=O)C(CCc1ccccc1)NSCc1cccnc1.N=C(N)c1ccc(CNC=O)cc1. The van der Waals surface area contributed by atoms with Crippen LogP contribution in [0.2, 0.25) is 0 Å². The lowest BCUT2D eigenvalue weighted by molar-refractivity contribution is -0.122. The van der Waals surface area contributed by atoms with Crippen molar-refractivity contribution in [2.75, 3.05) is 6.54 Å². The third-order valence-electron chi connectivity index (χ3n) is 5.07. The van der Waals surface area contributed by atoms with Crippen molar-refractivity contribution in [3.8, 4) is 0 Å². The van der Waals surface area contributed by atoms with Crippen molar-refractivity contribution in [1.29, 1.82) is 5.41 Å². The number of nitrogens with two attached hydrogens (primary N) is 1. The number of carbonyl (C=O) groups excluding carboxylic acids is 2. The highest BCUT2D eigenvalue weighted by Gasteiger charge is 2.17. The van der Waals surface area contributed by atoms with Gasteiger partial charge in [0.25, 0.3) is 0 Å². The summed E-state index contributed by atoms with van der Waals surface area (Å²) in [6.07, 6.45) is 5.91. The number of likely N-dealkylation sites (N-methyl/N-ethyl adjacent to an activating group) is 1. The Morgan fingerprint density at radius 3 is 2.29 bits per heavy atom. The summed E-state index contributed by atoms with van der Waals surface area (Å²) in [6, 6.07) is 21.2. The third kappa shape index (κ3) is 13.6. The summed E-state index contributed by atoms with van der Waals surface area (Å²) in [6.45, 7) is 7.09. The fourth-order valence-electron chi connectivity index (χ4n) is 3.17. The van der Waals surface area contributed by atoms with Gasteiger partial charge in [-0.1, -0.05) is 86.5 Å². The minimum atomic E-state index is -0.197. The Hall–Kier alpha value is -3.69. The minimum absolute atomic E-state index is 0.0508. The fourth-order valence-corrected chi connectivity index (χ4v) is 4.01. The van der Waals surface area contributed by atoms with E-state index in [1.807, 2.05) is 69.4 Å². The molecule has 0 aliphatic heterocycles. The van der Waals surface area contributed by atoms with E-state index in [2.05, 4.69) is 32.5 Å². The Balaban J connectivity index is 0.000000408. The van der Waals surface area contributed by atoms with Gasteiger partial charge in [0.05, 0.1) is 6.04 Å². The van der Waals surface area contributed by atoms with Gasteiger partial charge >= 0.3 is 0 Å². The second-order valence-corrected chi connectivity index (χ2v) is 8.66. The molecule has 1 heterocycles. The lowest BCUT2D eigenvalue weighted by Gasteiger charge is -2.17. The zero-order valence-corrected chi connectivity index (χ0v) is 23.3. The number of aryl methyl sites for hydroxylation is 1. The normalized spacial score (nSPS) is 10.5. The van der Waals surface area contributed by atoms with E-state index in [0.29, 0.717) is 25.1 Å². The maximum atomic E-state index is 12.2. The van der Waals surface area contributed by atoms with Crippen LogP contribution >= 0.6 is 11.9 Å². The van der Waals surface area contributed by atoms with Gasteiger partial charge in [-0.05, 0) is 42.5 Å². The predicted molar refractivity (Wildman–Crippen MR) is 158 cm³/mol. The number of amides is 2. The van der Waals surface area contributed by atoms with Gasteiger partial charge in [0.15, 0.2) is 0 Å². The van der Waals surface area contributed by atoms with Gasteiger partial charge in [-0.15, -0.1) is 0 Å². The topological polar surface area (TPSA) is 133 Å². The van der Waals surface area contributed by atoms with E-state index < -0.39 is 0 Å². The number of nitrogens with zero attached hydrogens (tertiary/aromatic N) is 1. The van der Waals surface area contributed by atoms with E-state index in [1.54, 1.807) is 30.3 Å². The molecule has 6 N–H and O–H groups in total. The third-order valence-corrected chi connectivity index (χ3v) is 6.00. The first kappa shape index (κ1) is 32.3. The molecule has 38 heavy (non-hydrogen) atoms. The van der Waals surface area contributed by atoms with Crippen LogP contribution in [0.15, 0.2) is 79.1 Å². The summed E-state index contributed by atoms with van der Waals surface area (Å²) < 4.78 is 3.30. The number of aromatic nitrogens is 1. The molecule has 0 bridgehead atoms. The first-order valence-corrected chi connectivity index (χ1v) is 13.7. The van der Waals surface area contributed by atoms with Crippen LogP contribution < -0.4 is 21.1 Å². The van der Waals surface area contributed by atoms with E-state index >= 15 is 0 Å². The smallest absolute Gasteiger partial charge is 0.237 e. The molecular formula is C29H40N6O2S. The summed E-state index contributed by atoms with van der Waals surface area (Å²) in [4.78, 5) is 26.3. The Kier molecular flexibility index (Phi) is 17.3. The van der Waals surface area contributed by atoms with Crippen molar-refractivity contribution in [2.24, 2.45) is 5.73 Å². The molecule has 0 spiro atoms. The van der Waals surface area contributed by atoms with E-state index in [-0.39, 0.29) is 17.8 Å². The van der Waals surface area contributed by atoms with Gasteiger partial charge < -0.3 is 16.4 Å². The van der Waals surface area contributed by atoms with Crippen LogP contribution in [0.1, 0.15) is 49.4 Å². The van der Waals surface area contributed by atoms with Crippen LogP contribution in [0.25, 0.3) is 0 Å². The van der Waals surface area contributed by atoms with Crippen molar-refractivity contribution in [1.82, 2.24) is 20.3 Å². The van der Waals surface area contributed by atoms with E-state index in [4.69, 9.17) is 11.1 Å². The predicted octanol–water partition coefficient (Wildman–Crippen LogP) is 4.20. The number of pyridine rings is 1. The largest absolute Gasteiger partial charge is 0.384 e. The highest BCUT2D eigenvalue weighted by Crippen LogP contribution is 2.12. The second-order valence-electron chi connectivity index (χ2n) is 7.85. The number of carbonyl (C=O) groups is 2. The number of amidine groups is 1. The van der Waals surface area contributed by atoms with Crippen LogP contribution in [-0.2, 0) is 28.3 Å². The van der Waals surface area contributed by atoms with Gasteiger partial charge in [0.2, 0.25) is 12.3 Å². The fraction of sp³-hybridized carbons (Fsp3) is 0.310. The summed E-state index contributed by atoms with van der Waals surface area (Å²) in [5.74, 6) is 0.895. The Bertz CT molecular complexity index is 1050. The van der Waals surface area contributed by atoms with Crippen molar-refractivity contribution in [3.05, 3.63) is 101 Å². The maximum absolute atomic E-state index is 12.2. The Morgan fingerprint density at radius 1 is 1.03 bits per heavy atom. The average Bonchev–Trinajstić information content (AvgIpc) is 2.96. The molecule has 1 atom stereocenters. The molecule has 0 radical (unpaired) electrons. The molecule has 3 rings (SSSR count). The minimum Gasteiger partial charge on any atom is -0.384 e. The molecule has 2 amide bonds. The highest BCUT2D eigenvalue weighted by molar-refractivity contribution is 7.96. The molecule has 204 valence electrons. The van der Waals surface area contributed by atoms with Gasteiger partial charge in [0.1, 0.15) is 5.84 Å². The Labute approximate surface area is 230 Å². The van der Waals surface area contributed by atoms with Crippen molar-refractivity contribution in [3.63, 3.8) is 0 Å². The number of hydrogen-bond donors (Lipinski definition) is 5. The van der Waals surface area contributed by atoms with Crippen molar-refractivity contribution in [2.45, 2.75) is 52.0 Å². The molecule has 1 aromatic heterocycles. The molecule has 9 heteroatoms. The molecular weight excluding hydrogens is 496 g/mol. The lowest BCUT2D eigenvalue weighted by atomic mass is 10.1. The molecule has 8 nitrogen and oxygen atoms in total. The molecule has 1 unspecified atom stereocenters. The van der Waals surface area contributed by atoms with Crippen LogP contribution in [0, 0.1) is 5.41 Å². The lowest BCUT2D eigenvalue weighted by Crippen LogP contribution is -2.41. The molecule has 3 aromatic rings. The summed E-state index contributed by atoms with van der Waals surface area (Å²) in [5.41, 5.74) is 9.34. The molecule has 2 aromatic carbocycles. The van der Waals surface area contributed by atoms with Gasteiger partial charge in [0, 0.05) is 36.8 Å². The molecule has 0 aliphatic carbocycles. The van der Waals surface area contributed by atoms with Crippen molar-refractivity contribution >= 4 is 30.1 Å². The van der Waals surface area contributed by atoms with Crippen molar-refractivity contribution < 1.29 is 9.59 Å². The standard InChI is InChI=1S/C18H23N3OS.C9H11N3O.C2H6/c1-2-20-18(22)17(11-10-15-7-4-3-5-8-15)21-23-14-16-9-6-12-19-13-16;10-9(11)8-3-1-7(2-4-8)5-12-6-13;1-2/h3-9,12-13,17,21H,2,10-11,14H2,1H3,(H,20,22);1-4,6H,5H2,(H3,10,11)(H,12,13);1-2H3. The zero-order valence-electron chi connectivity index (χ0n) is 22.4. The first-order valence-electron chi connectivity index (χ1n) is 12.7. The van der Waals surface area contributed by atoms with Crippen LogP contribution in [0.5, 0.6) is 0 Å². The summed E-state index contributed by atoms with van der Waals surface area (Å²) >= 11 is 1.55. The molecule has 0 aliphatic rings. The zero-order chi connectivity index (χ0) is 28.0. The number of nitrogen functional groups attached to an aromatic ring is 1. The monoisotopic (exact) mass is 536 g/mol. The number of hydrogen-bond acceptors (Lipinski definition) is 6. The number of rotatable bonds is 13. The second kappa shape index (κ2) is 20.4. The van der Waals surface area contributed by atoms with E-state index in [0.717, 1.165) is 29.7 Å². The van der Waals surface area contributed by atoms with Crippen LogP contribution in [-0.4, -0.2) is 35.7 Å². The van der Waals surface area contributed by atoms with Crippen LogP contribution in [0.4, 0.5) is 0 Å². The van der Waals surface area contributed by atoms with E-state index in [9.17, 15) is 9.59 Å². The average molecular weight is 537 g/mol. The van der Waals surface area contributed by atoms with Gasteiger partial charge in [-0.3, -0.25) is 24.7 Å².